The molecule has 2 aromatic rings. The maximum atomic E-state index is 13.0. The highest BCUT2D eigenvalue weighted by Gasteiger charge is 2.42. The monoisotopic (exact) mass is 370 g/mol. The number of rotatable bonds is 2. The Labute approximate surface area is 156 Å². The summed E-state index contributed by atoms with van der Waals surface area (Å²) in [6.45, 7) is 4.12. The van der Waals surface area contributed by atoms with Gasteiger partial charge in [0.25, 0.3) is 5.91 Å². The molecule has 0 radical (unpaired) electrons. The fourth-order valence-corrected chi connectivity index (χ4v) is 4.07. The number of nitrogens with two attached hydrogens (primary N) is 1. The van der Waals surface area contributed by atoms with E-state index in [1.807, 2.05) is 18.2 Å². The Balaban J connectivity index is 1.95. The average molecular weight is 371 g/mol. The second-order valence-corrected chi connectivity index (χ2v) is 8.07. The quantitative estimate of drug-likeness (QED) is 0.848. The van der Waals surface area contributed by atoms with E-state index in [2.05, 4.69) is 24.3 Å². The van der Waals surface area contributed by atoms with E-state index < -0.39 is 11.9 Å². The van der Waals surface area contributed by atoms with Crippen molar-refractivity contribution in [1.82, 2.24) is 9.78 Å². The molecule has 1 amide bonds. The van der Waals surface area contributed by atoms with Crippen LogP contribution in [0.5, 0.6) is 0 Å². The number of aromatic nitrogens is 2. The summed E-state index contributed by atoms with van der Waals surface area (Å²) < 4.78 is 1.65. The van der Waals surface area contributed by atoms with Gasteiger partial charge in [0.15, 0.2) is 5.78 Å². The lowest BCUT2D eigenvalue weighted by atomic mass is 9.73. The summed E-state index contributed by atoms with van der Waals surface area (Å²) in [5.41, 5.74) is 8.00. The van der Waals surface area contributed by atoms with Gasteiger partial charge in [-0.2, -0.15) is 5.10 Å². The van der Waals surface area contributed by atoms with Crippen LogP contribution in [0, 0.1) is 5.41 Å². The molecule has 1 aromatic carbocycles. The van der Waals surface area contributed by atoms with Crippen molar-refractivity contribution in [2.24, 2.45) is 11.1 Å². The normalized spacial score (nSPS) is 21.0. The smallest absolute Gasteiger partial charge is 0.254 e. The fourth-order valence-electron chi connectivity index (χ4n) is 3.88. The first-order valence-electron chi connectivity index (χ1n) is 8.43. The minimum absolute atomic E-state index is 0.0792. The van der Waals surface area contributed by atoms with Gasteiger partial charge in [0.1, 0.15) is 17.4 Å². The summed E-state index contributed by atoms with van der Waals surface area (Å²) in [5, 5.41) is 8.19. The first kappa shape index (κ1) is 16.8. The van der Waals surface area contributed by atoms with Gasteiger partial charge in [0.2, 0.25) is 0 Å². The molecule has 2 heterocycles. The Kier molecular flexibility index (Phi) is 3.70. The number of anilines is 1. The van der Waals surface area contributed by atoms with E-state index in [1.54, 1.807) is 10.7 Å². The van der Waals surface area contributed by atoms with Gasteiger partial charge in [-0.1, -0.05) is 37.6 Å². The topological polar surface area (TPSA) is 90.0 Å². The van der Waals surface area contributed by atoms with Crippen LogP contribution in [0.25, 0.3) is 0 Å². The molecule has 0 bridgehead atoms. The SMILES string of the molecule is CC1(C)CC(=O)C2=C(C1)Nc1c(C(N)=O)cnn1[C@H]2c1cccc(Cl)c1. The molecule has 0 unspecified atom stereocenters. The van der Waals surface area contributed by atoms with Crippen LogP contribution in [0.15, 0.2) is 41.7 Å². The van der Waals surface area contributed by atoms with Gasteiger partial charge < -0.3 is 11.1 Å². The molecule has 0 saturated carbocycles. The third kappa shape index (κ3) is 2.61. The zero-order valence-electron chi connectivity index (χ0n) is 14.5. The number of carbonyl (C=O) groups excluding carboxylic acids is 2. The second-order valence-electron chi connectivity index (χ2n) is 7.63. The predicted molar refractivity (Wildman–Crippen MR) is 99.0 cm³/mol. The highest BCUT2D eigenvalue weighted by atomic mass is 35.5. The van der Waals surface area contributed by atoms with Crippen LogP contribution >= 0.6 is 11.6 Å². The number of nitrogens with zero attached hydrogens (tertiary/aromatic N) is 2. The molecule has 4 rings (SSSR count). The van der Waals surface area contributed by atoms with Crippen molar-refractivity contribution in [3.05, 3.63) is 57.9 Å². The van der Waals surface area contributed by atoms with Crippen molar-refractivity contribution < 1.29 is 9.59 Å². The van der Waals surface area contributed by atoms with E-state index in [-0.39, 0.29) is 11.2 Å². The van der Waals surface area contributed by atoms with Crippen molar-refractivity contribution in [2.75, 3.05) is 5.32 Å². The van der Waals surface area contributed by atoms with Crippen LogP contribution in [0.1, 0.15) is 48.7 Å². The maximum absolute atomic E-state index is 13.0. The lowest BCUT2D eigenvalue weighted by Crippen LogP contribution is -2.37. The average Bonchev–Trinajstić information content (AvgIpc) is 2.95. The number of halogens is 1. The van der Waals surface area contributed by atoms with E-state index in [0.29, 0.717) is 34.8 Å². The van der Waals surface area contributed by atoms with Crippen molar-refractivity contribution in [3.8, 4) is 0 Å². The number of primary amides is 1. The number of carbonyl (C=O) groups is 2. The van der Waals surface area contributed by atoms with Gasteiger partial charge in [-0.05, 0) is 29.5 Å². The molecule has 7 heteroatoms. The number of ketones is 1. The molecular weight excluding hydrogens is 352 g/mol. The minimum atomic E-state index is -0.561. The largest absolute Gasteiger partial charge is 0.365 e. The van der Waals surface area contributed by atoms with Crippen LogP contribution < -0.4 is 11.1 Å². The molecule has 1 atom stereocenters. The lowest BCUT2D eigenvalue weighted by molar-refractivity contribution is -0.118. The highest BCUT2D eigenvalue weighted by molar-refractivity contribution is 6.30. The number of allylic oxidation sites excluding steroid dienone is 2. The Bertz CT molecular complexity index is 974. The summed E-state index contributed by atoms with van der Waals surface area (Å²) in [6.07, 6.45) is 2.61. The summed E-state index contributed by atoms with van der Waals surface area (Å²) in [7, 11) is 0. The first-order chi connectivity index (χ1) is 12.3. The number of fused-ring (bicyclic) bond motifs is 1. The van der Waals surface area contributed by atoms with E-state index >= 15 is 0 Å². The number of amides is 1. The molecular formula is C19H19ClN4O2. The van der Waals surface area contributed by atoms with E-state index in [0.717, 1.165) is 11.3 Å². The number of nitrogens with one attached hydrogen (secondary N) is 1. The Morgan fingerprint density at radius 2 is 2.15 bits per heavy atom. The van der Waals surface area contributed by atoms with Gasteiger partial charge in [0, 0.05) is 22.7 Å². The zero-order chi connectivity index (χ0) is 18.6. The second kappa shape index (κ2) is 5.71. The van der Waals surface area contributed by atoms with Gasteiger partial charge in [-0.25, -0.2) is 4.68 Å². The van der Waals surface area contributed by atoms with Gasteiger partial charge in [-0.15, -0.1) is 0 Å². The first-order valence-corrected chi connectivity index (χ1v) is 8.81. The molecule has 1 aromatic heterocycles. The molecule has 134 valence electrons. The van der Waals surface area contributed by atoms with E-state index in [1.165, 1.54) is 6.20 Å². The minimum Gasteiger partial charge on any atom is -0.365 e. The molecule has 0 fully saturated rings. The molecule has 3 N–H and O–H groups in total. The van der Waals surface area contributed by atoms with E-state index in [4.69, 9.17) is 17.3 Å². The summed E-state index contributed by atoms with van der Waals surface area (Å²) >= 11 is 6.18. The van der Waals surface area contributed by atoms with Crippen LogP contribution in [0.2, 0.25) is 5.02 Å². The fraction of sp³-hybridized carbons (Fsp3) is 0.316. The van der Waals surface area contributed by atoms with Gasteiger partial charge in [0.05, 0.1) is 6.20 Å². The molecule has 1 aliphatic heterocycles. The summed E-state index contributed by atoms with van der Waals surface area (Å²) in [4.78, 5) is 24.8. The third-order valence-corrected chi connectivity index (χ3v) is 5.17. The van der Waals surface area contributed by atoms with Crippen LogP contribution in [0.3, 0.4) is 0 Å². The summed E-state index contributed by atoms with van der Waals surface area (Å²) in [5.74, 6) is 0.0382. The van der Waals surface area contributed by atoms with Gasteiger partial charge >= 0.3 is 0 Å². The van der Waals surface area contributed by atoms with Crippen LogP contribution in [-0.2, 0) is 4.79 Å². The molecule has 1 aliphatic carbocycles. The van der Waals surface area contributed by atoms with Crippen molar-refractivity contribution >= 4 is 29.1 Å². The summed E-state index contributed by atoms with van der Waals surface area (Å²) in [6, 6.07) is 6.93. The van der Waals surface area contributed by atoms with Crippen molar-refractivity contribution in [2.45, 2.75) is 32.7 Å². The van der Waals surface area contributed by atoms with Crippen molar-refractivity contribution in [1.29, 1.82) is 0 Å². The zero-order valence-corrected chi connectivity index (χ0v) is 15.3. The third-order valence-electron chi connectivity index (χ3n) is 4.93. The molecule has 0 saturated heterocycles. The van der Waals surface area contributed by atoms with E-state index in [9.17, 15) is 9.59 Å². The molecule has 6 nitrogen and oxygen atoms in total. The number of benzene rings is 1. The number of hydrogen-bond donors (Lipinski definition) is 2. The molecule has 2 aliphatic rings. The Hall–Kier alpha value is -2.60. The standard InChI is InChI=1S/C19H19ClN4O2/c1-19(2)7-13-15(14(25)8-19)16(10-4-3-5-11(20)6-10)24-18(23-13)12(9-22-24)17(21)26/h3-6,9,16,23H,7-8H2,1-2H3,(H2,21,26)/t16-/m0/s1. The predicted octanol–water partition coefficient (Wildman–Crippen LogP) is 3.29. The maximum Gasteiger partial charge on any atom is 0.254 e. The van der Waals surface area contributed by atoms with Crippen molar-refractivity contribution in [3.63, 3.8) is 0 Å². The molecule has 0 spiro atoms. The highest BCUT2D eigenvalue weighted by Crippen LogP contribution is 2.46. The lowest BCUT2D eigenvalue weighted by Gasteiger charge is -2.39. The van der Waals surface area contributed by atoms with Crippen LogP contribution in [-0.4, -0.2) is 21.5 Å². The molecule has 26 heavy (non-hydrogen) atoms. The number of Topliss-reactive ketones (excluding diaryl/α,β-unsaturated/α-hetero) is 1. The Morgan fingerprint density at radius 3 is 2.85 bits per heavy atom. The van der Waals surface area contributed by atoms with Crippen LogP contribution in [0.4, 0.5) is 5.82 Å². The Morgan fingerprint density at radius 1 is 1.38 bits per heavy atom. The number of hydrogen-bond acceptors (Lipinski definition) is 4. The van der Waals surface area contributed by atoms with Gasteiger partial charge in [-0.3, -0.25) is 9.59 Å².